The molecule has 7 heteroatoms. The molecule has 1 aromatic rings. The lowest BCUT2D eigenvalue weighted by molar-refractivity contribution is -0.137. The first-order chi connectivity index (χ1) is 10.2. The first-order valence-corrected chi connectivity index (χ1v) is 7.80. The summed E-state index contributed by atoms with van der Waals surface area (Å²) in [7, 11) is 0. The van der Waals surface area contributed by atoms with Gasteiger partial charge in [0.05, 0.1) is 6.20 Å². The number of aromatic nitrogens is 1. The van der Waals surface area contributed by atoms with Crippen molar-refractivity contribution in [2.24, 2.45) is 11.8 Å². The van der Waals surface area contributed by atoms with Crippen molar-refractivity contribution >= 4 is 30.7 Å². The molecule has 1 amide bonds. The average molecular weight is 362 g/mol. The van der Waals surface area contributed by atoms with Crippen LogP contribution in [0.4, 0.5) is 0 Å². The summed E-state index contributed by atoms with van der Waals surface area (Å²) in [6.07, 6.45) is 5.08. The molecular formula is C16H25Cl2N3O2. The fraction of sp³-hybridized carbons (Fsp3) is 0.625. The van der Waals surface area contributed by atoms with E-state index in [1.165, 1.54) is 0 Å². The third kappa shape index (κ3) is 4.96. The van der Waals surface area contributed by atoms with Gasteiger partial charge in [-0.3, -0.25) is 9.78 Å². The lowest BCUT2D eigenvalue weighted by Gasteiger charge is -2.24. The van der Waals surface area contributed by atoms with Crippen LogP contribution in [0.15, 0.2) is 24.5 Å². The Morgan fingerprint density at radius 1 is 1.30 bits per heavy atom. The Kier molecular flexibility index (Phi) is 8.09. The van der Waals surface area contributed by atoms with Gasteiger partial charge in [0.2, 0.25) is 0 Å². The van der Waals surface area contributed by atoms with E-state index < -0.39 is 6.10 Å². The van der Waals surface area contributed by atoms with Gasteiger partial charge >= 0.3 is 0 Å². The molecule has 3 heterocycles. The van der Waals surface area contributed by atoms with Crippen molar-refractivity contribution in [3.05, 3.63) is 24.5 Å². The maximum Gasteiger partial charge on any atom is 0.263 e. The maximum absolute atomic E-state index is 12.5. The van der Waals surface area contributed by atoms with Crippen molar-refractivity contribution in [2.45, 2.75) is 25.9 Å². The second kappa shape index (κ2) is 9.30. The van der Waals surface area contributed by atoms with Gasteiger partial charge in [-0.2, -0.15) is 0 Å². The van der Waals surface area contributed by atoms with Gasteiger partial charge in [-0.1, -0.05) is 0 Å². The number of carbonyl (C=O) groups excluding carboxylic acids is 1. The maximum atomic E-state index is 12.5. The van der Waals surface area contributed by atoms with Gasteiger partial charge in [0.15, 0.2) is 6.10 Å². The van der Waals surface area contributed by atoms with E-state index in [-0.39, 0.29) is 30.7 Å². The van der Waals surface area contributed by atoms with Gasteiger partial charge in [-0.15, -0.1) is 24.8 Å². The van der Waals surface area contributed by atoms with E-state index in [0.717, 1.165) is 50.9 Å². The van der Waals surface area contributed by atoms with E-state index in [4.69, 9.17) is 4.74 Å². The molecule has 1 unspecified atom stereocenters. The molecule has 0 aliphatic carbocycles. The van der Waals surface area contributed by atoms with Crippen molar-refractivity contribution in [2.75, 3.05) is 26.2 Å². The number of halogens is 2. The fourth-order valence-electron chi connectivity index (χ4n) is 3.37. The molecule has 2 aliphatic heterocycles. The highest BCUT2D eigenvalue weighted by molar-refractivity contribution is 5.85. The molecule has 3 rings (SSSR count). The van der Waals surface area contributed by atoms with E-state index >= 15 is 0 Å². The highest BCUT2D eigenvalue weighted by Gasteiger charge is 2.32. The highest BCUT2D eigenvalue weighted by Crippen LogP contribution is 2.27. The van der Waals surface area contributed by atoms with Crippen LogP contribution in [0.25, 0.3) is 0 Å². The summed E-state index contributed by atoms with van der Waals surface area (Å²) in [6, 6.07) is 3.64. The minimum Gasteiger partial charge on any atom is -0.479 e. The number of carbonyl (C=O) groups is 1. The van der Waals surface area contributed by atoms with E-state index in [0.29, 0.717) is 5.75 Å². The summed E-state index contributed by atoms with van der Waals surface area (Å²) >= 11 is 0. The van der Waals surface area contributed by atoms with E-state index in [1.807, 2.05) is 24.0 Å². The third-order valence-corrected chi connectivity index (χ3v) is 4.63. The fourth-order valence-corrected chi connectivity index (χ4v) is 3.37. The number of hydrogen-bond donors (Lipinski definition) is 1. The zero-order valence-corrected chi connectivity index (χ0v) is 14.9. The number of hydrogen-bond acceptors (Lipinski definition) is 4. The molecule has 0 radical (unpaired) electrons. The molecule has 3 atom stereocenters. The van der Waals surface area contributed by atoms with Crippen molar-refractivity contribution in [1.29, 1.82) is 0 Å². The molecule has 0 bridgehead atoms. The standard InChI is InChI=1S/C16H23N3O2.2ClH/c1-12(21-15-3-2-6-17-11-15)16(20)19-7-4-13-9-18-10-14(13)5-8-19;;/h2-3,6,11-14,18H,4-5,7-10H2,1H3;2*1H/t12?,13-,14+;;. The Morgan fingerprint density at radius 3 is 2.52 bits per heavy atom. The van der Waals surface area contributed by atoms with Crippen LogP contribution in [0.3, 0.4) is 0 Å². The molecule has 5 nitrogen and oxygen atoms in total. The summed E-state index contributed by atoms with van der Waals surface area (Å²) in [5, 5.41) is 3.46. The van der Waals surface area contributed by atoms with Crippen LogP contribution in [0.5, 0.6) is 5.75 Å². The Balaban J connectivity index is 0.00000132. The zero-order valence-electron chi connectivity index (χ0n) is 13.3. The van der Waals surface area contributed by atoms with Crippen molar-refractivity contribution in [3.8, 4) is 5.75 Å². The molecule has 23 heavy (non-hydrogen) atoms. The second-order valence-electron chi connectivity index (χ2n) is 6.03. The number of fused-ring (bicyclic) bond motifs is 1. The van der Waals surface area contributed by atoms with E-state index in [9.17, 15) is 4.79 Å². The SMILES string of the molecule is CC(Oc1cccnc1)C(=O)N1CC[C@@H]2CNC[C@@H]2CC1.Cl.Cl. The summed E-state index contributed by atoms with van der Waals surface area (Å²) in [5.74, 6) is 2.20. The normalized spacial score (nSPS) is 24.5. The summed E-state index contributed by atoms with van der Waals surface area (Å²) < 4.78 is 5.70. The minimum absolute atomic E-state index is 0. The van der Waals surface area contributed by atoms with Crippen LogP contribution in [0.1, 0.15) is 19.8 Å². The quantitative estimate of drug-likeness (QED) is 0.895. The Labute approximate surface area is 150 Å². The topological polar surface area (TPSA) is 54.5 Å². The van der Waals surface area contributed by atoms with Crippen molar-refractivity contribution in [1.82, 2.24) is 15.2 Å². The van der Waals surface area contributed by atoms with Gasteiger partial charge in [0.1, 0.15) is 5.75 Å². The van der Waals surface area contributed by atoms with Crippen LogP contribution in [-0.4, -0.2) is 48.1 Å². The van der Waals surface area contributed by atoms with Crippen LogP contribution in [0.2, 0.25) is 0 Å². The molecule has 0 saturated carbocycles. The van der Waals surface area contributed by atoms with Crippen LogP contribution >= 0.6 is 24.8 Å². The molecule has 1 aromatic heterocycles. The highest BCUT2D eigenvalue weighted by atomic mass is 35.5. The monoisotopic (exact) mass is 361 g/mol. The molecule has 1 N–H and O–H groups in total. The number of amides is 1. The number of likely N-dealkylation sites (tertiary alicyclic amines) is 1. The van der Waals surface area contributed by atoms with Crippen LogP contribution in [-0.2, 0) is 4.79 Å². The minimum atomic E-state index is -0.453. The predicted molar refractivity (Wildman–Crippen MR) is 94.5 cm³/mol. The molecule has 130 valence electrons. The lowest BCUT2D eigenvalue weighted by Crippen LogP contribution is -2.41. The number of rotatable bonds is 3. The Hall–Kier alpha value is -1.04. The summed E-state index contributed by atoms with van der Waals surface area (Å²) in [6.45, 7) is 5.73. The number of nitrogens with one attached hydrogen (secondary N) is 1. The first kappa shape index (κ1) is 20.0. The third-order valence-electron chi connectivity index (χ3n) is 4.63. The summed E-state index contributed by atoms with van der Waals surface area (Å²) in [5.41, 5.74) is 0. The molecule has 0 aromatic carbocycles. The smallest absolute Gasteiger partial charge is 0.263 e. The molecule has 0 spiro atoms. The number of nitrogens with zero attached hydrogens (tertiary/aromatic N) is 2. The van der Waals surface area contributed by atoms with Gasteiger partial charge in [0, 0.05) is 19.3 Å². The molecule has 2 saturated heterocycles. The zero-order chi connectivity index (χ0) is 14.7. The van der Waals surface area contributed by atoms with Crippen LogP contribution < -0.4 is 10.1 Å². The number of ether oxygens (including phenoxy) is 1. The second-order valence-corrected chi connectivity index (χ2v) is 6.03. The van der Waals surface area contributed by atoms with Gasteiger partial charge in [-0.05, 0) is 56.8 Å². The first-order valence-electron chi connectivity index (χ1n) is 7.80. The van der Waals surface area contributed by atoms with E-state index in [1.54, 1.807) is 12.4 Å². The number of pyridine rings is 1. The lowest BCUT2D eigenvalue weighted by atomic mass is 9.92. The Morgan fingerprint density at radius 2 is 1.96 bits per heavy atom. The van der Waals surface area contributed by atoms with Crippen molar-refractivity contribution in [3.63, 3.8) is 0 Å². The average Bonchev–Trinajstić information content (AvgIpc) is 2.86. The predicted octanol–water partition coefficient (Wildman–Crippen LogP) is 2.15. The van der Waals surface area contributed by atoms with Gasteiger partial charge < -0.3 is 15.0 Å². The van der Waals surface area contributed by atoms with Crippen LogP contribution in [0, 0.1) is 11.8 Å². The Bertz CT molecular complexity index is 475. The molecule has 2 aliphatic rings. The van der Waals surface area contributed by atoms with Gasteiger partial charge in [-0.25, -0.2) is 0 Å². The van der Waals surface area contributed by atoms with Gasteiger partial charge in [0.25, 0.3) is 5.91 Å². The summed E-state index contributed by atoms with van der Waals surface area (Å²) in [4.78, 5) is 18.5. The molecular weight excluding hydrogens is 337 g/mol. The van der Waals surface area contributed by atoms with E-state index in [2.05, 4.69) is 10.3 Å². The van der Waals surface area contributed by atoms with Crippen molar-refractivity contribution < 1.29 is 9.53 Å². The largest absolute Gasteiger partial charge is 0.479 e. The molecule has 2 fully saturated rings.